The molecule has 0 atom stereocenters. The molecule has 4 aromatic rings. The van der Waals surface area contributed by atoms with Crippen molar-refractivity contribution in [3.63, 3.8) is 0 Å². The predicted octanol–water partition coefficient (Wildman–Crippen LogP) is 5.62. The Hall–Kier alpha value is -2.98. The molecule has 4 nitrogen and oxygen atoms in total. The van der Waals surface area contributed by atoms with Crippen LogP contribution in [0.15, 0.2) is 66.7 Å². The van der Waals surface area contributed by atoms with Crippen molar-refractivity contribution in [3.8, 4) is 22.9 Å². The van der Waals surface area contributed by atoms with E-state index in [2.05, 4.69) is 22.8 Å². The van der Waals surface area contributed by atoms with Gasteiger partial charge in [-0.05, 0) is 42.3 Å². The van der Waals surface area contributed by atoms with E-state index in [-0.39, 0.29) is 0 Å². The number of rotatable bonds is 6. The number of imidazole rings is 1. The van der Waals surface area contributed by atoms with Gasteiger partial charge < -0.3 is 14.0 Å². The molecule has 0 fully saturated rings. The van der Waals surface area contributed by atoms with E-state index >= 15 is 0 Å². The Balaban J connectivity index is 1.72. The van der Waals surface area contributed by atoms with Gasteiger partial charge in [0.25, 0.3) is 0 Å². The summed E-state index contributed by atoms with van der Waals surface area (Å²) in [4.78, 5) is 4.86. The van der Waals surface area contributed by atoms with Crippen LogP contribution in [-0.4, -0.2) is 23.8 Å². The molecule has 1 heterocycles. The first-order valence-corrected chi connectivity index (χ1v) is 9.49. The molecule has 0 spiro atoms. The summed E-state index contributed by atoms with van der Waals surface area (Å²) in [6, 6.07) is 22.1. The molecular weight excluding hydrogens is 372 g/mol. The number of ether oxygens (including phenoxy) is 2. The van der Waals surface area contributed by atoms with Crippen molar-refractivity contribution >= 4 is 22.6 Å². The largest absolute Gasteiger partial charge is 0.493 e. The SMILES string of the molecule is COc1ccc(CCn2c(-c3ccccc3)nc3ccc(Cl)cc32)cc1OC. The molecule has 0 unspecified atom stereocenters. The Morgan fingerprint density at radius 1 is 0.893 bits per heavy atom. The smallest absolute Gasteiger partial charge is 0.160 e. The number of hydrogen-bond donors (Lipinski definition) is 0. The predicted molar refractivity (Wildman–Crippen MR) is 113 cm³/mol. The molecule has 4 rings (SSSR count). The van der Waals surface area contributed by atoms with Crippen LogP contribution < -0.4 is 9.47 Å². The number of nitrogens with zero attached hydrogens (tertiary/aromatic N) is 2. The zero-order chi connectivity index (χ0) is 19.5. The molecule has 0 bridgehead atoms. The maximum absolute atomic E-state index is 6.26. The van der Waals surface area contributed by atoms with Gasteiger partial charge >= 0.3 is 0 Å². The normalized spacial score (nSPS) is 11.0. The highest BCUT2D eigenvalue weighted by Crippen LogP contribution is 2.30. The summed E-state index contributed by atoms with van der Waals surface area (Å²) < 4.78 is 13.0. The van der Waals surface area contributed by atoms with Crippen LogP contribution in [0.25, 0.3) is 22.4 Å². The van der Waals surface area contributed by atoms with Crippen LogP contribution in [0.4, 0.5) is 0 Å². The average Bonchev–Trinajstić information content (AvgIpc) is 3.10. The van der Waals surface area contributed by atoms with Crippen molar-refractivity contribution in [1.29, 1.82) is 0 Å². The monoisotopic (exact) mass is 392 g/mol. The Morgan fingerprint density at radius 3 is 2.43 bits per heavy atom. The molecule has 3 aromatic carbocycles. The number of halogens is 1. The third-order valence-corrected chi connectivity index (χ3v) is 5.05. The first-order valence-electron chi connectivity index (χ1n) is 9.11. The van der Waals surface area contributed by atoms with Gasteiger partial charge in [0.1, 0.15) is 5.82 Å². The molecule has 142 valence electrons. The summed E-state index contributed by atoms with van der Waals surface area (Å²) in [5.74, 6) is 2.41. The van der Waals surface area contributed by atoms with Gasteiger partial charge in [0.15, 0.2) is 11.5 Å². The number of hydrogen-bond acceptors (Lipinski definition) is 3. The molecule has 0 amide bonds. The van der Waals surface area contributed by atoms with E-state index in [1.54, 1.807) is 14.2 Å². The zero-order valence-corrected chi connectivity index (χ0v) is 16.6. The van der Waals surface area contributed by atoms with Gasteiger partial charge in [-0.1, -0.05) is 48.0 Å². The van der Waals surface area contributed by atoms with Crippen LogP contribution in [-0.2, 0) is 13.0 Å². The standard InChI is InChI=1S/C23H21ClN2O2/c1-27-21-11-8-16(14-22(21)28-2)12-13-26-20-15-18(24)9-10-19(20)25-23(26)17-6-4-3-5-7-17/h3-11,14-15H,12-13H2,1-2H3. The van der Waals surface area contributed by atoms with Crippen LogP contribution in [0.3, 0.4) is 0 Å². The molecule has 0 aliphatic carbocycles. The van der Waals surface area contributed by atoms with E-state index in [0.717, 1.165) is 46.9 Å². The lowest BCUT2D eigenvalue weighted by atomic mass is 10.1. The van der Waals surface area contributed by atoms with Crippen molar-refractivity contribution in [1.82, 2.24) is 9.55 Å². The lowest BCUT2D eigenvalue weighted by Crippen LogP contribution is -2.04. The third kappa shape index (κ3) is 3.56. The molecule has 0 aliphatic heterocycles. The first-order chi connectivity index (χ1) is 13.7. The fraction of sp³-hybridized carbons (Fsp3) is 0.174. The number of methoxy groups -OCH3 is 2. The second kappa shape index (κ2) is 7.95. The Kier molecular flexibility index (Phi) is 5.22. The van der Waals surface area contributed by atoms with Gasteiger partial charge in [-0.3, -0.25) is 0 Å². The Morgan fingerprint density at radius 2 is 1.68 bits per heavy atom. The van der Waals surface area contributed by atoms with E-state index in [9.17, 15) is 0 Å². The lowest BCUT2D eigenvalue weighted by Gasteiger charge is -2.12. The number of aryl methyl sites for hydroxylation is 2. The third-order valence-electron chi connectivity index (χ3n) is 4.81. The molecule has 1 aromatic heterocycles. The minimum absolute atomic E-state index is 0.708. The summed E-state index contributed by atoms with van der Waals surface area (Å²) >= 11 is 6.26. The molecule has 28 heavy (non-hydrogen) atoms. The second-order valence-electron chi connectivity index (χ2n) is 6.53. The van der Waals surface area contributed by atoms with Crippen LogP contribution in [0.1, 0.15) is 5.56 Å². The molecule has 0 N–H and O–H groups in total. The lowest BCUT2D eigenvalue weighted by molar-refractivity contribution is 0.354. The summed E-state index contributed by atoms with van der Waals surface area (Å²) in [5, 5.41) is 0.708. The minimum atomic E-state index is 0.708. The zero-order valence-electron chi connectivity index (χ0n) is 15.9. The highest BCUT2D eigenvalue weighted by atomic mass is 35.5. The molecule has 0 radical (unpaired) electrons. The highest BCUT2D eigenvalue weighted by molar-refractivity contribution is 6.31. The molecule has 0 aliphatic rings. The van der Waals surface area contributed by atoms with Gasteiger partial charge in [0.2, 0.25) is 0 Å². The molecule has 0 saturated heterocycles. The number of fused-ring (bicyclic) bond motifs is 1. The summed E-state index contributed by atoms with van der Waals surface area (Å²) in [6.07, 6.45) is 0.832. The van der Waals surface area contributed by atoms with E-state index in [0.29, 0.717) is 5.02 Å². The van der Waals surface area contributed by atoms with E-state index in [1.807, 2.05) is 48.5 Å². The summed E-state index contributed by atoms with van der Waals surface area (Å²) in [6.45, 7) is 0.774. The Labute approximate surface area is 169 Å². The van der Waals surface area contributed by atoms with Gasteiger partial charge in [0.05, 0.1) is 25.3 Å². The fourth-order valence-corrected chi connectivity index (χ4v) is 3.57. The van der Waals surface area contributed by atoms with Crippen LogP contribution >= 0.6 is 11.6 Å². The van der Waals surface area contributed by atoms with E-state index < -0.39 is 0 Å². The first kappa shape index (κ1) is 18.4. The maximum Gasteiger partial charge on any atom is 0.160 e. The molecule has 5 heteroatoms. The average molecular weight is 393 g/mol. The van der Waals surface area contributed by atoms with E-state index in [4.69, 9.17) is 26.1 Å². The summed E-state index contributed by atoms with van der Waals surface area (Å²) in [7, 11) is 3.30. The molecular formula is C23H21ClN2O2. The van der Waals surface area contributed by atoms with Gasteiger partial charge in [-0.25, -0.2) is 4.98 Å². The van der Waals surface area contributed by atoms with Crippen LogP contribution in [0.2, 0.25) is 5.02 Å². The van der Waals surface area contributed by atoms with Crippen molar-refractivity contribution in [2.24, 2.45) is 0 Å². The van der Waals surface area contributed by atoms with Crippen molar-refractivity contribution in [3.05, 3.63) is 77.3 Å². The second-order valence-corrected chi connectivity index (χ2v) is 6.96. The van der Waals surface area contributed by atoms with Crippen molar-refractivity contribution in [2.45, 2.75) is 13.0 Å². The van der Waals surface area contributed by atoms with E-state index in [1.165, 1.54) is 5.56 Å². The van der Waals surface area contributed by atoms with Gasteiger partial charge in [0, 0.05) is 17.1 Å². The number of benzene rings is 3. The molecule has 0 saturated carbocycles. The van der Waals surface area contributed by atoms with Crippen LogP contribution in [0.5, 0.6) is 11.5 Å². The maximum atomic E-state index is 6.26. The topological polar surface area (TPSA) is 36.3 Å². The number of aromatic nitrogens is 2. The summed E-state index contributed by atoms with van der Waals surface area (Å²) in [5.41, 5.74) is 4.23. The quantitative estimate of drug-likeness (QED) is 0.427. The van der Waals surface area contributed by atoms with Crippen molar-refractivity contribution in [2.75, 3.05) is 14.2 Å². The van der Waals surface area contributed by atoms with Crippen LogP contribution in [0, 0.1) is 0 Å². The fourth-order valence-electron chi connectivity index (χ4n) is 3.41. The van der Waals surface area contributed by atoms with Crippen molar-refractivity contribution < 1.29 is 9.47 Å². The van der Waals surface area contributed by atoms with Gasteiger partial charge in [-0.2, -0.15) is 0 Å². The van der Waals surface area contributed by atoms with Gasteiger partial charge in [-0.15, -0.1) is 0 Å². The minimum Gasteiger partial charge on any atom is -0.493 e. The highest BCUT2D eigenvalue weighted by Gasteiger charge is 2.13. The Bertz CT molecular complexity index is 1110.